The highest BCUT2D eigenvalue weighted by atomic mass is 19.1. The molecule has 0 saturated carbocycles. The molecule has 2 aromatic rings. The first-order valence-electron chi connectivity index (χ1n) is 13.6. The van der Waals surface area contributed by atoms with Crippen LogP contribution in [0.5, 0.6) is 11.5 Å². The van der Waals surface area contributed by atoms with E-state index >= 15 is 0 Å². The molecule has 2 N–H and O–H groups in total. The van der Waals surface area contributed by atoms with Crippen LogP contribution in [0.3, 0.4) is 0 Å². The van der Waals surface area contributed by atoms with Gasteiger partial charge in [-0.15, -0.1) is 0 Å². The van der Waals surface area contributed by atoms with Gasteiger partial charge in [0.05, 0.1) is 24.8 Å². The number of hydrogen-bond acceptors (Lipinski definition) is 7. The molecule has 3 heterocycles. The highest BCUT2D eigenvalue weighted by molar-refractivity contribution is 5.97. The molecule has 1 fully saturated rings. The second kappa shape index (κ2) is 12.0. The van der Waals surface area contributed by atoms with Gasteiger partial charge in [0.1, 0.15) is 29.9 Å². The molecule has 0 spiro atoms. The lowest BCUT2D eigenvalue weighted by molar-refractivity contribution is 0.0166. The normalized spacial score (nSPS) is 25.2. The van der Waals surface area contributed by atoms with Gasteiger partial charge >= 0.3 is 0 Å². The number of fused-ring (bicyclic) bond motifs is 2. The molecule has 206 valence electrons. The SMILES string of the molecule is C[C@@H]1CN(C[C@H](O)CN2CCc3ccccc3C2)C(=O)c2ccc(OC3CCN(CCO)C[C@H]3F)cc2O1. The molecule has 3 aliphatic rings. The molecule has 5 rings (SSSR count). The predicted molar refractivity (Wildman–Crippen MR) is 141 cm³/mol. The molecule has 3 aliphatic heterocycles. The molecular formula is C29H38FN3O5. The summed E-state index contributed by atoms with van der Waals surface area (Å²) in [6, 6.07) is 13.4. The number of ether oxygens (including phenoxy) is 2. The van der Waals surface area contributed by atoms with Crippen LogP contribution in [0.2, 0.25) is 0 Å². The van der Waals surface area contributed by atoms with Crippen LogP contribution in [-0.2, 0) is 13.0 Å². The van der Waals surface area contributed by atoms with Crippen LogP contribution in [0.4, 0.5) is 4.39 Å². The van der Waals surface area contributed by atoms with Crippen LogP contribution in [0.1, 0.15) is 34.8 Å². The third-order valence-corrected chi connectivity index (χ3v) is 7.66. The summed E-state index contributed by atoms with van der Waals surface area (Å²) < 4.78 is 26.7. The molecule has 0 aliphatic carbocycles. The Morgan fingerprint density at radius 2 is 1.92 bits per heavy atom. The Morgan fingerprint density at radius 1 is 1.11 bits per heavy atom. The van der Waals surface area contributed by atoms with Crippen molar-refractivity contribution in [2.24, 2.45) is 0 Å². The van der Waals surface area contributed by atoms with Crippen molar-refractivity contribution in [3.63, 3.8) is 0 Å². The number of hydrogen-bond donors (Lipinski definition) is 2. The van der Waals surface area contributed by atoms with Crippen molar-refractivity contribution >= 4 is 5.91 Å². The van der Waals surface area contributed by atoms with Gasteiger partial charge in [-0.3, -0.25) is 14.6 Å². The molecule has 0 aromatic heterocycles. The van der Waals surface area contributed by atoms with Gasteiger partial charge in [0.25, 0.3) is 5.91 Å². The minimum Gasteiger partial charge on any atom is -0.488 e. The summed E-state index contributed by atoms with van der Waals surface area (Å²) >= 11 is 0. The standard InChI is InChI=1S/C29H38FN3O5/c1-20-15-33(18-23(35)17-32-10-8-21-4-2-3-5-22(21)16-32)29(36)25-7-6-24(14-28(25)37-20)38-27-9-11-31(12-13-34)19-26(27)30/h2-7,14,20,23,26-27,34-35H,8-13,15-19H2,1H3/t20-,23-,26-,27?/m1/s1. The fourth-order valence-electron chi connectivity index (χ4n) is 5.74. The first-order chi connectivity index (χ1) is 18.4. The van der Waals surface area contributed by atoms with Gasteiger partial charge in [0, 0.05) is 51.9 Å². The largest absolute Gasteiger partial charge is 0.488 e. The predicted octanol–water partition coefficient (Wildman–Crippen LogP) is 2.11. The van der Waals surface area contributed by atoms with Gasteiger partial charge in [-0.1, -0.05) is 24.3 Å². The van der Waals surface area contributed by atoms with E-state index in [4.69, 9.17) is 14.6 Å². The summed E-state index contributed by atoms with van der Waals surface area (Å²) in [6.07, 6.45) is -1.24. The molecule has 0 bridgehead atoms. The topological polar surface area (TPSA) is 85.7 Å². The van der Waals surface area contributed by atoms with Crippen molar-refractivity contribution in [1.29, 1.82) is 0 Å². The Kier molecular flexibility index (Phi) is 8.48. The number of amides is 1. The quantitative estimate of drug-likeness (QED) is 0.544. The van der Waals surface area contributed by atoms with Crippen LogP contribution in [0.25, 0.3) is 0 Å². The minimum absolute atomic E-state index is 0.00739. The maximum Gasteiger partial charge on any atom is 0.257 e. The molecule has 2 aromatic carbocycles. The Morgan fingerprint density at radius 3 is 2.71 bits per heavy atom. The zero-order valence-electron chi connectivity index (χ0n) is 22.0. The van der Waals surface area contributed by atoms with E-state index in [2.05, 4.69) is 23.1 Å². The first-order valence-corrected chi connectivity index (χ1v) is 13.6. The van der Waals surface area contributed by atoms with Gasteiger partial charge in [-0.2, -0.15) is 0 Å². The van der Waals surface area contributed by atoms with E-state index in [-0.39, 0.29) is 31.7 Å². The lowest BCUT2D eigenvalue weighted by atomic mass is 10.00. The third-order valence-electron chi connectivity index (χ3n) is 7.66. The average Bonchev–Trinajstić information content (AvgIpc) is 3.00. The molecular weight excluding hydrogens is 489 g/mol. The van der Waals surface area contributed by atoms with Gasteiger partial charge in [-0.25, -0.2) is 4.39 Å². The molecule has 1 amide bonds. The fourth-order valence-corrected chi connectivity index (χ4v) is 5.74. The summed E-state index contributed by atoms with van der Waals surface area (Å²) in [5, 5.41) is 20.0. The second-order valence-electron chi connectivity index (χ2n) is 10.7. The Hall–Kier alpha value is -2.72. The minimum atomic E-state index is -1.17. The van der Waals surface area contributed by atoms with Crippen LogP contribution in [0, 0.1) is 0 Å². The number of carbonyl (C=O) groups is 1. The van der Waals surface area contributed by atoms with E-state index in [9.17, 15) is 14.3 Å². The number of piperidine rings is 1. The maximum atomic E-state index is 14.7. The molecule has 1 saturated heterocycles. The highest BCUT2D eigenvalue weighted by Gasteiger charge is 2.32. The summed E-state index contributed by atoms with van der Waals surface area (Å²) in [5.74, 6) is 0.684. The summed E-state index contributed by atoms with van der Waals surface area (Å²) in [5.41, 5.74) is 3.07. The van der Waals surface area contributed by atoms with Crippen molar-refractivity contribution in [1.82, 2.24) is 14.7 Å². The van der Waals surface area contributed by atoms with E-state index in [1.54, 1.807) is 23.1 Å². The third kappa shape index (κ3) is 6.29. The van der Waals surface area contributed by atoms with E-state index in [1.165, 1.54) is 11.1 Å². The zero-order valence-corrected chi connectivity index (χ0v) is 22.0. The van der Waals surface area contributed by atoms with E-state index < -0.39 is 18.4 Å². The smallest absolute Gasteiger partial charge is 0.257 e. The number of aliphatic hydroxyl groups is 2. The molecule has 1 unspecified atom stereocenters. The number of aliphatic hydroxyl groups excluding tert-OH is 2. The molecule has 38 heavy (non-hydrogen) atoms. The molecule has 0 radical (unpaired) electrons. The Balaban J connectivity index is 1.20. The number of β-amino-alcohol motifs (C(OH)–C–C–N with tert-alkyl or cyclic N) is 2. The lowest BCUT2D eigenvalue weighted by Gasteiger charge is -2.34. The summed E-state index contributed by atoms with van der Waals surface area (Å²) in [7, 11) is 0. The van der Waals surface area contributed by atoms with Gasteiger partial charge in [0.2, 0.25) is 0 Å². The van der Waals surface area contributed by atoms with Crippen LogP contribution < -0.4 is 9.47 Å². The maximum absolute atomic E-state index is 14.7. The van der Waals surface area contributed by atoms with Crippen molar-refractivity contribution in [3.8, 4) is 11.5 Å². The Labute approximate surface area is 223 Å². The van der Waals surface area contributed by atoms with Crippen molar-refractivity contribution in [3.05, 3.63) is 59.2 Å². The first kappa shape index (κ1) is 26.9. The number of carbonyl (C=O) groups excluding carboxylic acids is 1. The Bertz CT molecular complexity index is 1120. The summed E-state index contributed by atoms with van der Waals surface area (Å²) in [6.45, 7) is 6.00. The number of nitrogens with zero attached hydrogens (tertiary/aromatic N) is 3. The molecule has 4 atom stereocenters. The van der Waals surface area contributed by atoms with E-state index in [0.29, 0.717) is 49.7 Å². The summed E-state index contributed by atoms with van der Waals surface area (Å²) in [4.78, 5) is 19.2. The molecule has 9 heteroatoms. The number of benzene rings is 2. The van der Waals surface area contributed by atoms with E-state index in [0.717, 1.165) is 19.5 Å². The average molecular weight is 528 g/mol. The fraction of sp³-hybridized carbons (Fsp3) is 0.552. The van der Waals surface area contributed by atoms with Crippen molar-refractivity contribution in [2.75, 3.05) is 52.4 Å². The van der Waals surface area contributed by atoms with Crippen LogP contribution in [0.15, 0.2) is 42.5 Å². The monoisotopic (exact) mass is 527 g/mol. The van der Waals surface area contributed by atoms with Gasteiger partial charge in [0.15, 0.2) is 0 Å². The van der Waals surface area contributed by atoms with Crippen LogP contribution in [-0.4, -0.2) is 108 Å². The highest BCUT2D eigenvalue weighted by Crippen LogP contribution is 2.31. The number of likely N-dealkylation sites (tertiary alicyclic amines) is 1. The van der Waals surface area contributed by atoms with Gasteiger partial charge < -0.3 is 24.6 Å². The second-order valence-corrected chi connectivity index (χ2v) is 10.7. The van der Waals surface area contributed by atoms with Crippen molar-refractivity contribution < 1.29 is 28.9 Å². The number of halogens is 1. The van der Waals surface area contributed by atoms with Crippen molar-refractivity contribution in [2.45, 2.75) is 50.8 Å². The zero-order chi connectivity index (χ0) is 26.6. The number of rotatable bonds is 8. The van der Waals surface area contributed by atoms with Gasteiger partial charge in [-0.05, 0) is 43.0 Å². The lowest BCUT2D eigenvalue weighted by Crippen LogP contribution is -2.47. The van der Waals surface area contributed by atoms with E-state index in [1.807, 2.05) is 17.9 Å². The number of alkyl halides is 1. The molecule has 8 nitrogen and oxygen atoms in total. The van der Waals surface area contributed by atoms with Crippen LogP contribution >= 0.6 is 0 Å².